The molecule has 0 unspecified atom stereocenters. The minimum absolute atomic E-state index is 0.128. The Balaban J connectivity index is 1.78. The first-order valence-corrected chi connectivity index (χ1v) is 8.52. The molecule has 0 fully saturated rings. The van der Waals surface area contributed by atoms with Crippen LogP contribution in [0.4, 0.5) is 16.5 Å². The molecule has 5 heteroatoms. The number of hydrogen-bond acceptors (Lipinski definition) is 4. The summed E-state index contributed by atoms with van der Waals surface area (Å²) in [4.78, 5) is 17.6. The Morgan fingerprint density at radius 2 is 1.83 bits per heavy atom. The number of aromatic nitrogens is 1. The van der Waals surface area contributed by atoms with Crippen LogP contribution >= 0.6 is 11.3 Å². The number of benzene rings is 2. The molecule has 24 heavy (non-hydrogen) atoms. The second-order valence-corrected chi connectivity index (χ2v) is 6.70. The van der Waals surface area contributed by atoms with E-state index in [1.807, 2.05) is 69.3 Å². The highest BCUT2D eigenvalue weighted by atomic mass is 32.1. The van der Waals surface area contributed by atoms with Crippen molar-refractivity contribution in [1.82, 2.24) is 4.98 Å². The minimum atomic E-state index is -0.128. The van der Waals surface area contributed by atoms with E-state index in [1.165, 1.54) is 16.9 Å². The van der Waals surface area contributed by atoms with E-state index in [0.717, 1.165) is 22.6 Å². The summed E-state index contributed by atoms with van der Waals surface area (Å²) in [6.45, 7) is 5.86. The number of rotatable bonds is 4. The van der Waals surface area contributed by atoms with Gasteiger partial charge < -0.3 is 10.6 Å². The van der Waals surface area contributed by atoms with Gasteiger partial charge in [0, 0.05) is 11.4 Å². The summed E-state index contributed by atoms with van der Waals surface area (Å²) in [6, 6.07) is 15.8. The maximum absolute atomic E-state index is 12.5. The Bertz CT molecular complexity index is 886. The third-order valence-electron chi connectivity index (χ3n) is 3.67. The normalized spacial score (nSPS) is 10.5. The van der Waals surface area contributed by atoms with Crippen molar-refractivity contribution in [3.63, 3.8) is 0 Å². The lowest BCUT2D eigenvalue weighted by Gasteiger charge is -2.06. The van der Waals surface area contributed by atoms with Gasteiger partial charge in [-0.05, 0) is 50.1 Å². The summed E-state index contributed by atoms with van der Waals surface area (Å²) < 4.78 is 0. The first-order chi connectivity index (χ1) is 11.5. The van der Waals surface area contributed by atoms with Crippen LogP contribution in [-0.2, 0) is 0 Å². The van der Waals surface area contributed by atoms with Gasteiger partial charge in [0.15, 0.2) is 5.13 Å². The molecule has 0 saturated heterocycles. The summed E-state index contributed by atoms with van der Waals surface area (Å²) in [5, 5.41) is 6.94. The quantitative estimate of drug-likeness (QED) is 0.699. The molecule has 0 aliphatic rings. The van der Waals surface area contributed by atoms with Crippen molar-refractivity contribution < 1.29 is 4.79 Å². The number of carbonyl (C=O) groups excluding carboxylic acids is 1. The molecular weight excluding hydrogens is 318 g/mol. The van der Waals surface area contributed by atoms with Crippen molar-refractivity contribution in [3.8, 4) is 0 Å². The third kappa shape index (κ3) is 3.63. The standard InChI is InChI=1S/C19H19N3OS/c1-12-7-6-9-15(11-12)21-19-20-14(3)17(24-19)18(23)22-16-10-5-4-8-13(16)2/h4-11H,1-3H3,(H,20,21)(H,22,23). The fraction of sp³-hybridized carbons (Fsp3) is 0.158. The molecule has 4 nitrogen and oxygen atoms in total. The molecule has 0 aliphatic heterocycles. The molecule has 0 atom stereocenters. The molecule has 1 heterocycles. The van der Waals surface area contributed by atoms with Gasteiger partial charge in [-0.1, -0.05) is 41.7 Å². The predicted molar refractivity (Wildman–Crippen MR) is 100 cm³/mol. The maximum atomic E-state index is 12.5. The molecule has 0 spiro atoms. The zero-order valence-corrected chi connectivity index (χ0v) is 14.7. The first kappa shape index (κ1) is 16.2. The van der Waals surface area contributed by atoms with Crippen molar-refractivity contribution in [1.29, 1.82) is 0 Å². The van der Waals surface area contributed by atoms with Gasteiger partial charge in [0.2, 0.25) is 0 Å². The van der Waals surface area contributed by atoms with E-state index in [9.17, 15) is 4.79 Å². The van der Waals surface area contributed by atoms with Crippen LogP contribution in [0.3, 0.4) is 0 Å². The van der Waals surface area contributed by atoms with Crippen molar-refractivity contribution >= 4 is 33.8 Å². The van der Waals surface area contributed by atoms with Gasteiger partial charge in [-0.2, -0.15) is 0 Å². The highest BCUT2D eigenvalue weighted by Gasteiger charge is 2.16. The average molecular weight is 337 g/mol. The molecule has 2 aromatic carbocycles. The lowest BCUT2D eigenvalue weighted by atomic mass is 10.2. The zero-order valence-electron chi connectivity index (χ0n) is 13.9. The van der Waals surface area contributed by atoms with Crippen LogP contribution in [0, 0.1) is 20.8 Å². The number of aryl methyl sites for hydroxylation is 3. The number of amides is 1. The molecule has 0 saturated carbocycles. The second kappa shape index (κ2) is 6.84. The van der Waals surface area contributed by atoms with E-state index in [0.29, 0.717) is 10.0 Å². The van der Waals surface area contributed by atoms with Gasteiger partial charge in [0.05, 0.1) is 5.69 Å². The highest BCUT2D eigenvalue weighted by Crippen LogP contribution is 2.27. The fourth-order valence-electron chi connectivity index (χ4n) is 2.40. The van der Waals surface area contributed by atoms with Crippen LogP contribution in [0.25, 0.3) is 0 Å². The van der Waals surface area contributed by atoms with Gasteiger partial charge in [0.25, 0.3) is 5.91 Å². The van der Waals surface area contributed by atoms with Crippen LogP contribution < -0.4 is 10.6 Å². The van der Waals surface area contributed by atoms with E-state index in [1.54, 1.807) is 0 Å². The van der Waals surface area contributed by atoms with Crippen molar-refractivity contribution in [2.24, 2.45) is 0 Å². The molecule has 0 bridgehead atoms. The van der Waals surface area contributed by atoms with Crippen LogP contribution in [0.2, 0.25) is 0 Å². The van der Waals surface area contributed by atoms with E-state index in [2.05, 4.69) is 15.6 Å². The molecule has 3 rings (SSSR count). The number of para-hydroxylation sites is 1. The van der Waals surface area contributed by atoms with Gasteiger partial charge in [0.1, 0.15) is 4.88 Å². The SMILES string of the molecule is Cc1cccc(Nc2nc(C)c(C(=O)Nc3ccccc3C)s2)c1. The Morgan fingerprint density at radius 3 is 2.58 bits per heavy atom. The van der Waals surface area contributed by atoms with E-state index in [-0.39, 0.29) is 5.91 Å². The molecule has 1 amide bonds. The smallest absolute Gasteiger partial charge is 0.267 e. The van der Waals surface area contributed by atoms with Crippen molar-refractivity contribution in [2.75, 3.05) is 10.6 Å². The van der Waals surface area contributed by atoms with Crippen LogP contribution in [0.15, 0.2) is 48.5 Å². The topological polar surface area (TPSA) is 54.0 Å². The predicted octanol–water partition coefficient (Wildman–Crippen LogP) is 5.06. The van der Waals surface area contributed by atoms with E-state index < -0.39 is 0 Å². The number of hydrogen-bond donors (Lipinski definition) is 2. The van der Waals surface area contributed by atoms with Gasteiger partial charge >= 0.3 is 0 Å². The summed E-state index contributed by atoms with van der Waals surface area (Å²) >= 11 is 1.36. The third-order valence-corrected chi connectivity index (χ3v) is 4.74. The summed E-state index contributed by atoms with van der Waals surface area (Å²) in [5.74, 6) is -0.128. The number of anilines is 3. The first-order valence-electron chi connectivity index (χ1n) is 7.71. The Labute approximate surface area is 145 Å². The van der Waals surface area contributed by atoms with Crippen molar-refractivity contribution in [2.45, 2.75) is 20.8 Å². The lowest BCUT2D eigenvalue weighted by molar-refractivity contribution is 0.102. The van der Waals surface area contributed by atoms with Crippen LogP contribution in [0.1, 0.15) is 26.5 Å². The monoisotopic (exact) mass is 337 g/mol. The average Bonchev–Trinajstić information content (AvgIpc) is 2.90. The lowest BCUT2D eigenvalue weighted by Crippen LogP contribution is -2.12. The van der Waals surface area contributed by atoms with E-state index >= 15 is 0 Å². The second-order valence-electron chi connectivity index (χ2n) is 5.70. The summed E-state index contributed by atoms with van der Waals surface area (Å²) in [5.41, 5.74) is 4.72. The van der Waals surface area contributed by atoms with Gasteiger partial charge in [-0.25, -0.2) is 4.98 Å². The Morgan fingerprint density at radius 1 is 1.04 bits per heavy atom. The number of thiazole rings is 1. The molecule has 3 aromatic rings. The Hall–Kier alpha value is -2.66. The maximum Gasteiger partial charge on any atom is 0.267 e. The van der Waals surface area contributed by atoms with Gasteiger partial charge in [-0.15, -0.1) is 0 Å². The molecule has 0 radical (unpaired) electrons. The molecule has 0 aliphatic carbocycles. The van der Waals surface area contributed by atoms with Gasteiger partial charge in [-0.3, -0.25) is 4.79 Å². The largest absolute Gasteiger partial charge is 0.332 e. The number of nitrogens with zero attached hydrogens (tertiary/aromatic N) is 1. The molecule has 2 N–H and O–H groups in total. The fourth-order valence-corrected chi connectivity index (χ4v) is 3.28. The molecule has 122 valence electrons. The summed E-state index contributed by atoms with van der Waals surface area (Å²) in [6.07, 6.45) is 0. The molecule has 1 aromatic heterocycles. The van der Waals surface area contributed by atoms with Crippen LogP contribution in [-0.4, -0.2) is 10.9 Å². The highest BCUT2D eigenvalue weighted by molar-refractivity contribution is 7.17. The minimum Gasteiger partial charge on any atom is -0.332 e. The summed E-state index contributed by atoms with van der Waals surface area (Å²) in [7, 11) is 0. The number of nitrogens with one attached hydrogen (secondary N) is 2. The van der Waals surface area contributed by atoms with Crippen molar-refractivity contribution in [3.05, 3.63) is 70.2 Å². The molecular formula is C19H19N3OS. The van der Waals surface area contributed by atoms with E-state index in [4.69, 9.17) is 0 Å². The van der Waals surface area contributed by atoms with Crippen LogP contribution in [0.5, 0.6) is 0 Å². The Kier molecular flexibility index (Phi) is 4.62. The number of carbonyl (C=O) groups is 1. The zero-order chi connectivity index (χ0) is 17.1.